The van der Waals surface area contributed by atoms with Crippen LogP contribution in [0.3, 0.4) is 0 Å². The number of nitrogens with zero attached hydrogens (tertiary/aromatic N) is 4. The molecule has 4 aromatic rings. The number of benzene rings is 2. The predicted molar refractivity (Wildman–Crippen MR) is 206 cm³/mol. The Labute approximate surface area is 335 Å². The summed E-state index contributed by atoms with van der Waals surface area (Å²) in [5.74, 6) is -1.35. The highest BCUT2D eigenvalue weighted by atomic mass is 35.5. The first-order valence-corrected chi connectivity index (χ1v) is 19.8. The van der Waals surface area contributed by atoms with E-state index in [-0.39, 0.29) is 64.7 Å². The van der Waals surface area contributed by atoms with Gasteiger partial charge in [0.1, 0.15) is 35.3 Å². The first-order valence-electron chi connectivity index (χ1n) is 19.1. The summed E-state index contributed by atoms with van der Waals surface area (Å²) in [6, 6.07) is 12.6. The fraction of sp³-hybridized carbons (Fsp3) is 0.476. The van der Waals surface area contributed by atoms with Crippen LogP contribution < -0.4 is 4.74 Å². The van der Waals surface area contributed by atoms with Crippen molar-refractivity contribution in [1.82, 2.24) is 19.9 Å². The van der Waals surface area contributed by atoms with Gasteiger partial charge in [0.15, 0.2) is 5.76 Å². The molecule has 2 aromatic heterocycles. The topological polar surface area (TPSA) is 107 Å². The van der Waals surface area contributed by atoms with Crippen molar-refractivity contribution in [2.45, 2.75) is 109 Å². The molecule has 7 rings (SSSR count). The highest BCUT2D eigenvalue weighted by Crippen LogP contribution is 2.49. The summed E-state index contributed by atoms with van der Waals surface area (Å²) in [6.45, 7) is 6.50. The Hall–Kier alpha value is -4.26. The fourth-order valence-corrected chi connectivity index (χ4v) is 8.46. The summed E-state index contributed by atoms with van der Waals surface area (Å²) in [6.07, 6.45) is 6.70. The molecule has 2 saturated heterocycles. The molecule has 4 heterocycles. The average Bonchev–Trinajstić information content (AvgIpc) is 3.81. The first kappa shape index (κ1) is 40.0. The van der Waals surface area contributed by atoms with Crippen LogP contribution in [0, 0.1) is 17.6 Å². The van der Waals surface area contributed by atoms with Gasteiger partial charge in [0.2, 0.25) is 5.91 Å². The van der Waals surface area contributed by atoms with Gasteiger partial charge in [-0.3, -0.25) is 9.78 Å². The van der Waals surface area contributed by atoms with E-state index >= 15 is 4.79 Å². The van der Waals surface area contributed by atoms with E-state index in [0.29, 0.717) is 36.8 Å². The number of ether oxygens (including phenoxy) is 3. The van der Waals surface area contributed by atoms with Crippen molar-refractivity contribution in [2.24, 2.45) is 5.92 Å². The number of carbonyl (C=O) groups excluding carboxylic acids is 2. The minimum atomic E-state index is -0.766. The van der Waals surface area contributed by atoms with E-state index in [9.17, 15) is 13.6 Å². The van der Waals surface area contributed by atoms with Crippen molar-refractivity contribution in [2.75, 3.05) is 13.7 Å². The number of carbonyl (C=O) groups is 2. The molecule has 4 atom stereocenters. The number of halogens is 4. The van der Waals surface area contributed by atoms with E-state index in [1.807, 2.05) is 60.9 Å². The van der Waals surface area contributed by atoms with Crippen molar-refractivity contribution in [3.05, 3.63) is 99.0 Å². The molecule has 14 heteroatoms. The summed E-state index contributed by atoms with van der Waals surface area (Å²) < 4.78 is 50.9. The summed E-state index contributed by atoms with van der Waals surface area (Å²) in [4.78, 5) is 37.1. The van der Waals surface area contributed by atoms with E-state index in [4.69, 9.17) is 41.9 Å². The number of hydrogen-bond donors (Lipinski definition) is 0. The summed E-state index contributed by atoms with van der Waals surface area (Å²) >= 11 is 12.7. The molecule has 2 aliphatic heterocycles. The van der Waals surface area contributed by atoms with Gasteiger partial charge in [0.05, 0.1) is 21.5 Å². The Bertz CT molecular complexity index is 2050. The van der Waals surface area contributed by atoms with Crippen molar-refractivity contribution < 1.29 is 37.1 Å². The smallest absolute Gasteiger partial charge is 0.410 e. The first-order chi connectivity index (χ1) is 26.8. The molecule has 1 saturated carbocycles. The molecule has 3 aliphatic rings. The zero-order valence-corrected chi connectivity index (χ0v) is 33.4. The number of piperidine rings is 1. The molecule has 2 aromatic carbocycles. The molecule has 56 heavy (non-hydrogen) atoms. The maximum atomic E-state index is 15.1. The molecule has 1 aliphatic carbocycles. The summed E-state index contributed by atoms with van der Waals surface area (Å²) in [5, 5.41) is 4.00. The number of fused-ring (bicyclic) bond motifs is 2. The average molecular weight is 812 g/mol. The van der Waals surface area contributed by atoms with Crippen LogP contribution in [0.2, 0.25) is 10.0 Å². The highest BCUT2D eigenvalue weighted by molar-refractivity contribution is 6.33. The lowest BCUT2D eigenvalue weighted by Gasteiger charge is -2.45. The monoisotopic (exact) mass is 810 g/mol. The van der Waals surface area contributed by atoms with Gasteiger partial charge < -0.3 is 28.5 Å². The molecular formula is C42H46Cl2F2N4O6. The Kier molecular flexibility index (Phi) is 11.9. The number of hydrogen-bond acceptors (Lipinski definition) is 8. The number of amides is 2. The van der Waals surface area contributed by atoms with Gasteiger partial charge in [-0.25, -0.2) is 13.6 Å². The second kappa shape index (κ2) is 16.7. The molecule has 10 nitrogen and oxygen atoms in total. The number of aromatic nitrogens is 2. The zero-order valence-electron chi connectivity index (χ0n) is 31.9. The Morgan fingerprint density at radius 2 is 1.77 bits per heavy atom. The third kappa shape index (κ3) is 8.82. The minimum absolute atomic E-state index is 0.00140. The Morgan fingerprint density at radius 1 is 1.02 bits per heavy atom. The van der Waals surface area contributed by atoms with E-state index in [1.165, 1.54) is 6.07 Å². The van der Waals surface area contributed by atoms with Crippen LogP contribution in [-0.4, -0.2) is 69.4 Å². The number of rotatable bonds is 13. The van der Waals surface area contributed by atoms with Crippen LogP contribution >= 0.6 is 23.2 Å². The van der Waals surface area contributed by atoms with Crippen LogP contribution in [-0.2, 0) is 33.8 Å². The van der Waals surface area contributed by atoms with Crippen molar-refractivity contribution >= 4 is 35.2 Å². The van der Waals surface area contributed by atoms with Crippen LogP contribution in [0.25, 0.3) is 11.3 Å². The largest absolute Gasteiger partial charge is 0.486 e. The molecule has 0 unspecified atom stereocenters. The highest BCUT2D eigenvalue weighted by Gasteiger charge is 2.55. The molecule has 0 spiro atoms. The van der Waals surface area contributed by atoms with Crippen LogP contribution in [0.15, 0.2) is 59.3 Å². The van der Waals surface area contributed by atoms with Crippen molar-refractivity contribution in [3.8, 4) is 17.0 Å². The lowest BCUT2D eigenvalue weighted by atomic mass is 9.75. The van der Waals surface area contributed by atoms with Crippen molar-refractivity contribution in [3.63, 3.8) is 0 Å². The second-order valence-electron chi connectivity index (χ2n) is 15.9. The van der Waals surface area contributed by atoms with Crippen LogP contribution in [0.4, 0.5) is 13.6 Å². The van der Waals surface area contributed by atoms with E-state index in [0.717, 1.165) is 61.1 Å². The summed E-state index contributed by atoms with van der Waals surface area (Å²) in [7, 11) is 1.67. The van der Waals surface area contributed by atoms with E-state index in [2.05, 4.69) is 10.1 Å². The molecule has 3 fully saturated rings. The standard InChI is InChI=1S/C42H46Cl2F2N4O6/c1-42(2,3)55-41(52)50-28-11-16-36(50)37(40(51)49(27-9-10-27)22-25-18-26(6-5-17-53-4)47-21-32(25)43)31(19-28)24-7-12-29(13-8-24)54-23-30-20-35(48-56-30)38-33(45)14-15-34(46)39(38)44/h7-8,12-15,18,20-21,27-28,31,36-37H,5-6,9-11,16-17,19,22-23H2,1-4H3/t28-,31+,36+,37+/m0/s1. The molecule has 2 amide bonds. The third-order valence-corrected chi connectivity index (χ3v) is 11.5. The van der Waals surface area contributed by atoms with Crippen LogP contribution in [0.5, 0.6) is 5.75 Å². The van der Waals surface area contributed by atoms with Gasteiger partial charge in [-0.2, -0.15) is 0 Å². The van der Waals surface area contributed by atoms with Gasteiger partial charge in [-0.05, 0) is 113 Å². The van der Waals surface area contributed by atoms with Gasteiger partial charge in [-0.1, -0.05) is 40.5 Å². The van der Waals surface area contributed by atoms with Crippen LogP contribution in [0.1, 0.15) is 87.8 Å². The molecule has 2 bridgehead atoms. The lowest BCUT2D eigenvalue weighted by Crippen LogP contribution is -2.56. The summed E-state index contributed by atoms with van der Waals surface area (Å²) in [5.41, 5.74) is 1.89. The lowest BCUT2D eigenvalue weighted by molar-refractivity contribution is -0.141. The van der Waals surface area contributed by atoms with Gasteiger partial charge in [0.25, 0.3) is 0 Å². The Balaban J connectivity index is 1.13. The van der Waals surface area contributed by atoms with E-state index < -0.39 is 23.2 Å². The maximum absolute atomic E-state index is 15.1. The number of methoxy groups -OCH3 is 1. The minimum Gasteiger partial charge on any atom is -0.486 e. The van der Waals surface area contributed by atoms with E-state index in [1.54, 1.807) is 13.3 Å². The van der Waals surface area contributed by atoms with Gasteiger partial charge >= 0.3 is 6.09 Å². The van der Waals surface area contributed by atoms with Gasteiger partial charge in [-0.15, -0.1) is 0 Å². The number of aryl methyl sites for hydroxylation is 1. The number of pyridine rings is 1. The molecule has 0 radical (unpaired) electrons. The fourth-order valence-electron chi connectivity index (χ4n) is 8.04. The quantitative estimate of drug-likeness (QED) is 0.0972. The third-order valence-electron chi connectivity index (χ3n) is 10.7. The SMILES string of the molecule is COCCCc1cc(CN(C(=O)[C@@H]2[C@@H](c3ccc(OCc4cc(-c5c(F)ccc(F)c5Cl)no4)cc3)C[C@@H]3CC[C@H]2N3C(=O)OC(C)(C)C)C2CC2)c(Cl)cn1. The Morgan fingerprint density at radius 3 is 2.48 bits per heavy atom. The molecule has 0 N–H and O–H groups in total. The second-order valence-corrected chi connectivity index (χ2v) is 16.7. The molecule has 298 valence electrons. The molecular weight excluding hydrogens is 765 g/mol. The maximum Gasteiger partial charge on any atom is 0.410 e. The predicted octanol–water partition coefficient (Wildman–Crippen LogP) is 9.54. The normalized spacial score (nSPS) is 20.6. The zero-order chi connectivity index (χ0) is 39.7. The van der Waals surface area contributed by atoms with Crippen molar-refractivity contribution in [1.29, 1.82) is 0 Å². The van der Waals surface area contributed by atoms with Gasteiger partial charge in [0, 0.05) is 56.3 Å².